The van der Waals surface area contributed by atoms with Gasteiger partial charge in [0.2, 0.25) is 5.88 Å². The summed E-state index contributed by atoms with van der Waals surface area (Å²) in [6.45, 7) is 0.441. The predicted octanol–water partition coefficient (Wildman–Crippen LogP) is 8.92. The molecule has 0 saturated heterocycles. The van der Waals surface area contributed by atoms with E-state index >= 15 is 0 Å². The highest BCUT2D eigenvalue weighted by Crippen LogP contribution is 2.42. The third-order valence-corrected chi connectivity index (χ3v) is 6.68. The second-order valence-electron chi connectivity index (χ2n) is 8.43. The quantitative estimate of drug-likeness (QED) is 0.181. The highest BCUT2D eigenvalue weighted by atomic mass is 79.9. The van der Waals surface area contributed by atoms with Crippen molar-refractivity contribution >= 4 is 38.8 Å². The maximum atomic E-state index is 9.93. The van der Waals surface area contributed by atoms with E-state index in [-0.39, 0.29) is 11.4 Å². The smallest absolute Gasteiger partial charge is 0.238 e. The van der Waals surface area contributed by atoms with E-state index in [4.69, 9.17) is 18.0 Å². The van der Waals surface area contributed by atoms with E-state index in [0.717, 1.165) is 15.6 Å². The van der Waals surface area contributed by atoms with Crippen LogP contribution in [0.3, 0.4) is 0 Å². The molecule has 3 heterocycles. The fourth-order valence-electron chi connectivity index (χ4n) is 4.27. The van der Waals surface area contributed by atoms with Crippen LogP contribution >= 0.6 is 15.9 Å². The molecule has 38 heavy (non-hydrogen) atoms. The lowest BCUT2D eigenvalue weighted by atomic mass is 10.1. The van der Waals surface area contributed by atoms with E-state index in [9.17, 15) is 5.26 Å². The molecule has 3 aromatic heterocycles. The molecule has 0 radical (unpaired) electrons. The van der Waals surface area contributed by atoms with Gasteiger partial charge in [0.15, 0.2) is 11.5 Å². The van der Waals surface area contributed by atoms with Crippen molar-refractivity contribution in [3.8, 4) is 34.7 Å². The second kappa shape index (κ2) is 10.3. The molecular weight excluding hydrogens is 544 g/mol. The van der Waals surface area contributed by atoms with Crippen molar-refractivity contribution in [2.24, 2.45) is 4.99 Å². The number of nitrogens with zero attached hydrogens (tertiary/aromatic N) is 2. The van der Waals surface area contributed by atoms with Gasteiger partial charge in [0, 0.05) is 6.21 Å². The lowest BCUT2D eigenvalue weighted by molar-refractivity contribution is 0.305. The number of hydrogen-bond donors (Lipinski definition) is 0. The first-order valence-corrected chi connectivity index (χ1v) is 12.6. The molecule has 0 spiro atoms. The summed E-state index contributed by atoms with van der Waals surface area (Å²) in [6.07, 6.45) is 4.72. The first-order valence-electron chi connectivity index (χ1n) is 11.8. The minimum atomic E-state index is 0.165. The largest absolute Gasteiger partial charge is 0.488 e. The maximum absolute atomic E-state index is 9.93. The van der Waals surface area contributed by atoms with Gasteiger partial charge < -0.3 is 18.0 Å². The molecule has 0 aliphatic heterocycles. The van der Waals surface area contributed by atoms with Crippen molar-refractivity contribution in [2.75, 3.05) is 0 Å². The number of fused-ring (bicyclic) bond motifs is 1. The van der Waals surface area contributed by atoms with Gasteiger partial charge in [-0.3, -0.25) is 0 Å². The number of rotatable bonds is 7. The third kappa shape index (κ3) is 4.54. The topological polar surface area (TPSA) is 84.8 Å². The molecule has 0 fully saturated rings. The molecule has 0 aliphatic carbocycles. The summed E-state index contributed by atoms with van der Waals surface area (Å²) >= 11 is 3.61. The van der Waals surface area contributed by atoms with E-state index in [1.807, 2.05) is 36.4 Å². The molecule has 0 N–H and O–H groups in total. The van der Waals surface area contributed by atoms with Gasteiger partial charge in [-0.25, -0.2) is 4.99 Å². The Morgan fingerprint density at radius 1 is 0.895 bits per heavy atom. The summed E-state index contributed by atoms with van der Waals surface area (Å²) in [5.74, 6) is 2.23. The average Bonchev–Trinajstić information content (AvgIpc) is 3.72. The molecule has 0 saturated carbocycles. The van der Waals surface area contributed by atoms with Crippen molar-refractivity contribution in [2.45, 2.75) is 6.61 Å². The van der Waals surface area contributed by atoms with Gasteiger partial charge in [0.1, 0.15) is 29.7 Å². The summed E-state index contributed by atoms with van der Waals surface area (Å²) in [6, 6.07) is 29.3. The molecular formula is C31H19BrN2O4. The number of aliphatic imine (C=N–C) groups is 1. The molecule has 6 aromatic rings. The van der Waals surface area contributed by atoms with E-state index in [0.29, 0.717) is 35.2 Å². The van der Waals surface area contributed by atoms with Crippen LogP contribution in [0.5, 0.6) is 5.75 Å². The highest BCUT2D eigenvalue weighted by molar-refractivity contribution is 9.10. The SMILES string of the molecule is N#Cc1c(N=Cc2ccc(OCc3cccc4ccccc34)c(Br)c2)oc(-c2ccco2)c1-c1ccco1. The van der Waals surface area contributed by atoms with Gasteiger partial charge in [-0.2, -0.15) is 5.26 Å². The summed E-state index contributed by atoms with van der Waals surface area (Å²) < 4.78 is 24.0. The van der Waals surface area contributed by atoms with Gasteiger partial charge in [-0.15, -0.1) is 0 Å². The molecule has 3 aromatic carbocycles. The van der Waals surface area contributed by atoms with E-state index in [1.165, 1.54) is 10.8 Å². The van der Waals surface area contributed by atoms with Gasteiger partial charge in [-0.1, -0.05) is 42.5 Å². The number of hydrogen-bond acceptors (Lipinski definition) is 6. The molecule has 6 nitrogen and oxygen atoms in total. The normalized spacial score (nSPS) is 11.3. The maximum Gasteiger partial charge on any atom is 0.238 e. The van der Waals surface area contributed by atoms with Crippen molar-refractivity contribution in [3.63, 3.8) is 0 Å². The monoisotopic (exact) mass is 562 g/mol. The average molecular weight is 563 g/mol. The molecule has 0 amide bonds. The summed E-state index contributed by atoms with van der Waals surface area (Å²) in [5.41, 5.74) is 2.67. The van der Waals surface area contributed by atoms with Crippen molar-refractivity contribution in [1.82, 2.24) is 0 Å². The Morgan fingerprint density at radius 3 is 2.45 bits per heavy atom. The first-order chi connectivity index (χ1) is 18.7. The van der Waals surface area contributed by atoms with Crippen LogP contribution in [0, 0.1) is 11.3 Å². The van der Waals surface area contributed by atoms with Crippen LogP contribution in [0.1, 0.15) is 16.7 Å². The van der Waals surface area contributed by atoms with Crippen LogP contribution in [-0.4, -0.2) is 6.21 Å². The standard InChI is InChI=1S/C31H19BrN2O4/c32-25-16-20(12-13-26(25)37-19-22-8-3-7-21-6-1-2-9-23(21)22)18-34-31-24(17-33)29(27-10-4-14-35-27)30(38-31)28-11-5-15-36-28/h1-16,18H,19H2. The van der Waals surface area contributed by atoms with E-state index < -0.39 is 0 Å². The third-order valence-electron chi connectivity index (χ3n) is 6.06. The Morgan fingerprint density at radius 2 is 1.68 bits per heavy atom. The van der Waals surface area contributed by atoms with Gasteiger partial charge in [-0.05, 0) is 80.3 Å². The Kier molecular flexibility index (Phi) is 6.39. The number of halogens is 1. The van der Waals surface area contributed by atoms with Gasteiger partial charge in [0.25, 0.3) is 0 Å². The van der Waals surface area contributed by atoms with Crippen LogP contribution in [0.4, 0.5) is 5.88 Å². The zero-order valence-corrected chi connectivity index (χ0v) is 21.5. The van der Waals surface area contributed by atoms with Crippen molar-refractivity contribution in [3.05, 3.63) is 119 Å². The second-order valence-corrected chi connectivity index (χ2v) is 9.28. The Hall–Kier alpha value is -4.80. The van der Waals surface area contributed by atoms with Crippen LogP contribution in [0.15, 0.2) is 120 Å². The summed E-state index contributed by atoms with van der Waals surface area (Å²) in [4.78, 5) is 4.49. The minimum Gasteiger partial charge on any atom is -0.488 e. The number of nitriles is 1. The molecule has 184 valence electrons. The fraction of sp³-hybridized carbons (Fsp3) is 0.0323. The Balaban J connectivity index is 1.26. The first kappa shape index (κ1) is 23.6. The zero-order valence-electron chi connectivity index (χ0n) is 19.9. The lowest BCUT2D eigenvalue weighted by Crippen LogP contribution is -1.97. The molecule has 0 bridgehead atoms. The zero-order chi connectivity index (χ0) is 25.9. The Bertz CT molecular complexity index is 1790. The van der Waals surface area contributed by atoms with Crippen molar-refractivity contribution < 1.29 is 18.0 Å². The van der Waals surface area contributed by atoms with Crippen LogP contribution in [-0.2, 0) is 6.61 Å². The van der Waals surface area contributed by atoms with Crippen LogP contribution < -0.4 is 4.74 Å². The fourth-order valence-corrected chi connectivity index (χ4v) is 4.78. The predicted molar refractivity (Wildman–Crippen MR) is 149 cm³/mol. The molecule has 0 atom stereocenters. The van der Waals surface area contributed by atoms with Gasteiger partial charge >= 0.3 is 0 Å². The summed E-state index contributed by atoms with van der Waals surface area (Å²) in [7, 11) is 0. The Labute approximate surface area is 226 Å². The van der Waals surface area contributed by atoms with Crippen LogP contribution in [0.25, 0.3) is 33.6 Å². The van der Waals surface area contributed by atoms with E-state index in [2.05, 4.69) is 51.3 Å². The summed E-state index contributed by atoms with van der Waals surface area (Å²) in [5, 5.41) is 12.3. The molecule has 6 rings (SSSR count). The lowest BCUT2D eigenvalue weighted by Gasteiger charge is -2.11. The molecule has 0 unspecified atom stereocenters. The highest BCUT2D eigenvalue weighted by Gasteiger charge is 2.26. The molecule has 7 heteroatoms. The van der Waals surface area contributed by atoms with Gasteiger partial charge in [0.05, 0.1) is 22.6 Å². The van der Waals surface area contributed by atoms with E-state index in [1.54, 1.807) is 43.0 Å². The molecule has 0 aliphatic rings. The van der Waals surface area contributed by atoms with Crippen LogP contribution in [0.2, 0.25) is 0 Å². The minimum absolute atomic E-state index is 0.165. The number of ether oxygens (including phenoxy) is 1. The number of benzene rings is 3. The van der Waals surface area contributed by atoms with Crippen molar-refractivity contribution in [1.29, 1.82) is 5.26 Å². The number of furan rings is 3.